The van der Waals surface area contributed by atoms with E-state index in [-0.39, 0.29) is 11.8 Å². The molecule has 1 aromatic rings. The number of hydrogen-bond acceptors (Lipinski definition) is 3. The predicted molar refractivity (Wildman–Crippen MR) is 69.0 cm³/mol. The number of nitrogens with one attached hydrogen (secondary N) is 2. The van der Waals surface area contributed by atoms with Crippen LogP contribution in [-0.2, 0) is 4.79 Å². The first kappa shape index (κ1) is 11.9. The zero-order valence-electron chi connectivity index (χ0n) is 10.4. The molecule has 1 atom stereocenters. The second-order valence-corrected chi connectivity index (χ2v) is 4.65. The molecule has 1 aliphatic carbocycles. The highest BCUT2D eigenvalue weighted by molar-refractivity contribution is 5.93. The van der Waals surface area contributed by atoms with Crippen LogP contribution in [0.15, 0.2) is 18.3 Å². The molecule has 1 fully saturated rings. The number of pyridine rings is 1. The molecule has 0 radical (unpaired) electrons. The minimum absolute atomic E-state index is 0.120. The second kappa shape index (κ2) is 5.17. The smallest absolute Gasteiger partial charge is 0.227 e. The third-order valence-corrected chi connectivity index (χ3v) is 2.99. The van der Waals surface area contributed by atoms with Crippen LogP contribution in [-0.4, -0.2) is 16.9 Å². The van der Waals surface area contributed by atoms with Crippen LogP contribution < -0.4 is 10.6 Å². The SMILES string of the molecule is CCC(C)Nc1ccc(NC(=O)C2CC2)cn1. The number of nitrogens with zero attached hydrogens (tertiary/aromatic N) is 1. The molecule has 1 unspecified atom stereocenters. The first-order valence-corrected chi connectivity index (χ1v) is 6.22. The summed E-state index contributed by atoms with van der Waals surface area (Å²) in [4.78, 5) is 15.8. The monoisotopic (exact) mass is 233 g/mol. The third kappa shape index (κ3) is 3.44. The van der Waals surface area contributed by atoms with E-state index < -0.39 is 0 Å². The van der Waals surface area contributed by atoms with Gasteiger partial charge < -0.3 is 10.6 Å². The molecular weight excluding hydrogens is 214 g/mol. The lowest BCUT2D eigenvalue weighted by atomic mass is 10.2. The van der Waals surface area contributed by atoms with Crippen molar-refractivity contribution in [1.82, 2.24) is 4.98 Å². The molecule has 2 rings (SSSR count). The van der Waals surface area contributed by atoms with Crippen LogP contribution >= 0.6 is 0 Å². The van der Waals surface area contributed by atoms with Crippen molar-refractivity contribution in [3.8, 4) is 0 Å². The van der Waals surface area contributed by atoms with Crippen molar-refractivity contribution in [1.29, 1.82) is 0 Å². The van der Waals surface area contributed by atoms with E-state index in [9.17, 15) is 4.79 Å². The van der Waals surface area contributed by atoms with Crippen molar-refractivity contribution in [2.24, 2.45) is 5.92 Å². The molecular formula is C13H19N3O. The minimum Gasteiger partial charge on any atom is -0.368 e. The molecule has 0 saturated heterocycles. The fraction of sp³-hybridized carbons (Fsp3) is 0.538. The van der Waals surface area contributed by atoms with Gasteiger partial charge in [-0.3, -0.25) is 4.79 Å². The Kier molecular flexibility index (Phi) is 3.61. The summed E-state index contributed by atoms with van der Waals surface area (Å²) in [6.07, 6.45) is 4.80. The van der Waals surface area contributed by atoms with E-state index in [1.165, 1.54) is 0 Å². The first-order valence-electron chi connectivity index (χ1n) is 6.22. The molecule has 92 valence electrons. The van der Waals surface area contributed by atoms with E-state index in [2.05, 4.69) is 29.5 Å². The Balaban J connectivity index is 1.90. The number of aromatic nitrogens is 1. The van der Waals surface area contributed by atoms with Crippen LogP contribution in [0.3, 0.4) is 0 Å². The number of hydrogen-bond donors (Lipinski definition) is 2. The van der Waals surface area contributed by atoms with Crippen LogP contribution in [0.4, 0.5) is 11.5 Å². The normalized spacial score (nSPS) is 16.4. The highest BCUT2D eigenvalue weighted by Crippen LogP contribution is 2.30. The first-order chi connectivity index (χ1) is 8.19. The summed E-state index contributed by atoms with van der Waals surface area (Å²) < 4.78 is 0. The lowest BCUT2D eigenvalue weighted by molar-refractivity contribution is -0.117. The molecule has 4 nitrogen and oxygen atoms in total. The standard InChI is InChI=1S/C13H19N3O/c1-3-9(2)15-12-7-6-11(8-14-12)16-13(17)10-4-5-10/h6-10H,3-5H2,1-2H3,(H,14,15)(H,16,17). The number of amides is 1. The molecule has 0 spiro atoms. The van der Waals surface area contributed by atoms with Gasteiger partial charge in [0.05, 0.1) is 11.9 Å². The number of rotatable bonds is 5. The van der Waals surface area contributed by atoms with E-state index in [0.29, 0.717) is 6.04 Å². The van der Waals surface area contributed by atoms with Gasteiger partial charge in [-0.15, -0.1) is 0 Å². The van der Waals surface area contributed by atoms with E-state index in [1.807, 2.05) is 12.1 Å². The van der Waals surface area contributed by atoms with Crippen molar-refractivity contribution in [2.75, 3.05) is 10.6 Å². The summed E-state index contributed by atoms with van der Waals surface area (Å²) >= 11 is 0. The van der Waals surface area contributed by atoms with Crippen molar-refractivity contribution in [3.05, 3.63) is 18.3 Å². The molecule has 0 bridgehead atoms. The maximum absolute atomic E-state index is 11.5. The van der Waals surface area contributed by atoms with Gasteiger partial charge >= 0.3 is 0 Å². The molecule has 0 aliphatic heterocycles. The molecule has 1 amide bonds. The maximum Gasteiger partial charge on any atom is 0.227 e. The molecule has 2 N–H and O–H groups in total. The van der Waals surface area contributed by atoms with Crippen molar-refractivity contribution >= 4 is 17.4 Å². The van der Waals surface area contributed by atoms with Crippen LogP contribution in [0.2, 0.25) is 0 Å². The fourth-order valence-electron chi connectivity index (χ4n) is 1.50. The molecule has 1 aromatic heterocycles. The van der Waals surface area contributed by atoms with Gasteiger partial charge in [0.15, 0.2) is 0 Å². The van der Waals surface area contributed by atoms with E-state index >= 15 is 0 Å². The topological polar surface area (TPSA) is 54.0 Å². The van der Waals surface area contributed by atoms with E-state index in [0.717, 1.165) is 30.8 Å². The van der Waals surface area contributed by atoms with Gasteiger partial charge in [0.2, 0.25) is 5.91 Å². The van der Waals surface area contributed by atoms with Crippen LogP contribution in [0, 0.1) is 5.92 Å². The average molecular weight is 233 g/mol. The minimum atomic E-state index is 0.120. The van der Waals surface area contributed by atoms with E-state index in [4.69, 9.17) is 0 Å². The summed E-state index contributed by atoms with van der Waals surface area (Å²) in [5.41, 5.74) is 0.775. The fourth-order valence-corrected chi connectivity index (χ4v) is 1.50. The Hall–Kier alpha value is -1.58. The summed E-state index contributed by atoms with van der Waals surface area (Å²) in [5.74, 6) is 1.20. The van der Waals surface area contributed by atoms with Crippen LogP contribution in [0.5, 0.6) is 0 Å². The zero-order chi connectivity index (χ0) is 12.3. The maximum atomic E-state index is 11.5. The molecule has 1 heterocycles. The van der Waals surface area contributed by atoms with Gasteiger partial charge in [-0.1, -0.05) is 6.92 Å². The number of anilines is 2. The Morgan fingerprint density at radius 2 is 2.29 bits per heavy atom. The molecule has 17 heavy (non-hydrogen) atoms. The lowest BCUT2D eigenvalue weighted by Crippen LogP contribution is -2.15. The largest absolute Gasteiger partial charge is 0.368 e. The van der Waals surface area contributed by atoms with Gasteiger partial charge in [0.1, 0.15) is 5.82 Å². The van der Waals surface area contributed by atoms with Crippen LogP contribution in [0.25, 0.3) is 0 Å². The Morgan fingerprint density at radius 1 is 1.53 bits per heavy atom. The van der Waals surface area contributed by atoms with Gasteiger partial charge in [-0.05, 0) is 38.3 Å². The lowest BCUT2D eigenvalue weighted by Gasteiger charge is -2.12. The number of carbonyl (C=O) groups excluding carboxylic acids is 1. The van der Waals surface area contributed by atoms with Crippen molar-refractivity contribution < 1.29 is 4.79 Å². The Bertz CT molecular complexity index is 384. The third-order valence-electron chi connectivity index (χ3n) is 2.99. The van der Waals surface area contributed by atoms with Gasteiger partial charge in [-0.2, -0.15) is 0 Å². The molecule has 0 aromatic carbocycles. The summed E-state index contributed by atoms with van der Waals surface area (Å²) in [5, 5.41) is 6.15. The number of carbonyl (C=O) groups is 1. The summed E-state index contributed by atoms with van der Waals surface area (Å²) in [6, 6.07) is 4.20. The highest BCUT2D eigenvalue weighted by Gasteiger charge is 2.29. The Morgan fingerprint density at radius 3 is 2.82 bits per heavy atom. The second-order valence-electron chi connectivity index (χ2n) is 4.65. The molecule has 1 aliphatic rings. The van der Waals surface area contributed by atoms with Gasteiger partial charge in [0.25, 0.3) is 0 Å². The summed E-state index contributed by atoms with van der Waals surface area (Å²) in [6.45, 7) is 4.24. The molecule has 4 heteroatoms. The molecule has 1 saturated carbocycles. The van der Waals surface area contributed by atoms with Crippen molar-refractivity contribution in [3.63, 3.8) is 0 Å². The van der Waals surface area contributed by atoms with Crippen molar-refractivity contribution in [2.45, 2.75) is 39.2 Å². The zero-order valence-corrected chi connectivity index (χ0v) is 10.4. The van der Waals surface area contributed by atoms with E-state index in [1.54, 1.807) is 6.20 Å². The van der Waals surface area contributed by atoms with Crippen LogP contribution in [0.1, 0.15) is 33.1 Å². The quantitative estimate of drug-likeness (QED) is 0.822. The highest BCUT2D eigenvalue weighted by atomic mass is 16.2. The van der Waals surface area contributed by atoms with Gasteiger partial charge in [0, 0.05) is 12.0 Å². The predicted octanol–water partition coefficient (Wildman–Crippen LogP) is 2.64. The summed E-state index contributed by atoms with van der Waals surface area (Å²) in [7, 11) is 0. The average Bonchev–Trinajstić information content (AvgIpc) is 3.15. The van der Waals surface area contributed by atoms with Gasteiger partial charge in [-0.25, -0.2) is 4.98 Å². The Labute approximate surface area is 102 Å².